The van der Waals surface area contributed by atoms with Crippen LogP contribution in [0.15, 0.2) is 53.4 Å². The molecule has 2 aromatic carbocycles. The normalized spacial score (nSPS) is 15.5. The van der Waals surface area contributed by atoms with Crippen LogP contribution in [0, 0.1) is 5.82 Å². The number of likely N-dealkylation sites (tertiary alicyclic amines) is 1. The molecule has 7 heteroatoms. The van der Waals surface area contributed by atoms with E-state index >= 15 is 0 Å². The first-order valence-corrected chi connectivity index (χ1v) is 11.3. The first kappa shape index (κ1) is 21.3. The van der Waals surface area contributed by atoms with E-state index in [0.717, 1.165) is 12.1 Å². The van der Waals surface area contributed by atoms with E-state index in [9.17, 15) is 17.6 Å². The second-order valence-electron chi connectivity index (χ2n) is 7.59. The van der Waals surface area contributed by atoms with Gasteiger partial charge in [-0.2, -0.15) is 0 Å². The Bertz CT molecular complexity index is 932. The molecule has 3 rings (SSSR count). The summed E-state index contributed by atoms with van der Waals surface area (Å²) >= 11 is 0. The van der Waals surface area contributed by atoms with Crippen molar-refractivity contribution in [3.05, 3.63) is 59.9 Å². The number of rotatable bonds is 6. The van der Waals surface area contributed by atoms with Gasteiger partial charge in [0, 0.05) is 13.1 Å². The minimum atomic E-state index is -3.53. The quantitative estimate of drug-likeness (QED) is 0.669. The molecule has 0 N–H and O–H groups in total. The fourth-order valence-corrected chi connectivity index (χ4v) is 5.15. The number of carbonyl (C=O) groups excluding carboxylic acids is 1. The molecule has 1 aliphatic rings. The standard InChI is InChI=1S/C22H26FNO4S/c1-16(2)17-3-7-19(8-4-17)28-15-22(25)24-13-11-21(12-14-24)29(26,27)20-9-5-18(23)6-10-20/h3-10,16,21H,11-15H2,1-2H3. The molecule has 0 bridgehead atoms. The van der Waals surface area contributed by atoms with E-state index in [-0.39, 0.29) is 17.4 Å². The molecule has 0 unspecified atom stereocenters. The summed E-state index contributed by atoms with van der Waals surface area (Å²) in [6, 6.07) is 12.6. The molecule has 0 radical (unpaired) electrons. The Morgan fingerprint density at radius 2 is 1.66 bits per heavy atom. The molecule has 0 aliphatic carbocycles. The number of benzene rings is 2. The van der Waals surface area contributed by atoms with Crippen molar-refractivity contribution < 1.29 is 22.3 Å². The lowest BCUT2D eigenvalue weighted by Crippen LogP contribution is -2.44. The average molecular weight is 420 g/mol. The van der Waals surface area contributed by atoms with Gasteiger partial charge in [0.05, 0.1) is 10.1 Å². The third-order valence-electron chi connectivity index (χ3n) is 5.28. The predicted octanol–water partition coefficient (Wildman–Crippen LogP) is 3.79. The van der Waals surface area contributed by atoms with Crippen molar-refractivity contribution in [1.82, 2.24) is 4.90 Å². The van der Waals surface area contributed by atoms with E-state index in [2.05, 4.69) is 13.8 Å². The highest BCUT2D eigenvalue weighted by Gasteiger charge is 2.32. The lowest BCUT2D eigenvalue weighted by molar-refractivity contribution is -0.134. The topological polar surface area (TPSA) is 63.7 Å². The Morgan fingerprint density at radius 3 is 2.21 bits per heavy atom. The fourth-order valence-electron chi connectivity index (χ4n) is 3.42. The molecule has 156 valence electrons. The minimum absolute atomic E-state index is 0.0730. The molecule has 1 heterocycles. The van der Waals surface area contributed by atoms with Crippen LogP contribution in [0.1, 0.15) is 38.2 Å². The van der Waals surface area contributed by atoms with E-state index in [1.165, 1.54) is 17.7 Å². The van der Waals surface area contributed by atoms with Crippen LogP contribution >= 0.6 is 0 Å². The van der Waals surface area contributed by atoms with Gasteiger partial charge in [-0.05, 0) is 60.7 Å². The summed E-state index contributed by atoms with van der Waals surface area (Å²) in [5, 5.41) is -0.568. The molecular formula is C22H26FNO4S. The van der Waals surface area contributed by atoms with E-state index in [1.807, 2.05) is 24.3 Å². The second-order valence-corrected chi connectivity index (χ2v) is 9.82. The molecule has 0 saturated carbocycles. The number of halogens is 1. The highest BCUT2D eigenvalue weighted by atomic mass is 32.2. The van der Waals surface area contributed by atoms with Gasteiger partial charge in [0.1, 0.15) is 11.6 Å². The van der Waals surface area contributed by atoms with Crippen LogP contribution in [-0.2, 0) is 14.6 Å². The Labute approximate surface area is 171 Å². The van der Waals surface area contributed by atoms with Crippen LogP contribution in [0.2, 0.25) is 0 Å². The largest absolute Gasteiger partial charge is 0.484 e. The summed E-state index contributed by atoms with van der Waals surface area (Å²) < 4.78 is 44.1. The Morgan fingerprint density at radius 1 is 1.07 bits per heavy atom. The summed E-state index contributed by atoms with van der Waals surface area (Å²) in [5.74, 6) is 0.438. The zero-order valence-electron chi connectivity index (χ0n) is 16.7. The monoisotopic (exact) mass is 419 g/mol. The number of amides is 1. The fraction of sp³-hybridized carbons (Fsp3) is 0.409. The van der Waals surface area contributed by atoms with Crippen molar-refractivity contribution in [2.45, 2.75) is 42.8 Å². The molecule has 0 spiro atoms. The van der Waals surface area contributed by atoms with Crippen LogP contribution in [0.5, 0.6) is 5.75 Å². The van der Waals surface area contributed by atoms with Crippen LogP contribution in [0.4, 0.5) is 4.39 Å². The third-order valence-corrected chi connectivity index (χ3v) is 7.56. The molecule has 1 aliphatic heterocycles. The summed E-state index contributed by atoms with van der Waals surface area (Å²) in [4.78, 5) is 14.2. The third kappa shape index (κ3) is 5.15. The molecule has 1 fully saturated rings. The molecule has 1 amide bonds. The summed E-state index contributed by atoms with van der Waals surface area (Å²) in [7, 11) is -3.53. The van der Waals surface area contributed by atoms with Gasteiger partial charge in [-0.1, -0.05) is 26.0 Å². The second kappa shape index (κ2) is 8.95. The number of carbonyl (C=O) groups is 1. The number of sulfone groups is 1. The van der Waals surface area contributed by atoms with Crippen LogP contribution in [0.25, 0.3) is 0 Å². The number of hydrogen-bond acceptors (Lipinski definition) is 4. The summed E-state index contributed by atoms with van der Waals surface area (Å²) in [5.41, 5.74) is 1.20. The average Bonchev–Trinajstić information content (AvgIpc) is 2.72. The first-order chi connectivity index (χ1) is 13.8. The molecule has 2 aromatic rings. The van der Waals surface area contributed by atoms with E-state index in [1.54, 1.807) is 4.90 Å². The molecule has 1 saturated heterocycles. The number of hydrogen-bond donors (Lipinski definition) is 0. The van der Waals surface area contributed by atoms with Gasteiger partial charge in [0.15, 0.2) is 16.4 Å². The number of piperidine rings is 1. The Balaban J connectivity index is 1.52. The lowest BCUT2D eigenvalue weighted by Gasteiger charge is -2.31. The van der Waals surface area contributed by atoms with Crippen LogP contribution < -0.4 is 4.74 Å². The van der Waals surface area contributed by atoms with Gasteiger partial charge < -0.3 is 9.64 Å². The van der Waals surface area contributed by atoms with Crippen LogP contribution in [-0.4, -0.2) is 44.2 Å². The molecule has 29 heavy (non-hydrogen) atoms. The van der Waals surface area contributed by atoms with Crippen molar-refractivity contribution in [2.24, 2.45) is 0 Å². The van der Waals surface area contributed by atoms with Crippen molar-refractivity contribution >= 4 is 15.7 Å². The van der Waals surface area contributed by atoms with Crippen molar-refractivity contribution in [3.8, 4) is 5.75 Å². The van der Waals surface area contributed by atoms with Gasteiger partial charge in [-0.3, -0.25) is 4.79 Å². The number of ether oxygens (including phenoxy) is 1. The van der Waals surface area contributed by atoms with Gasteiger partial charge in [0.25, 0.3) is 5.91 Å². The Kier molecular flexibility index (Phi) is 6.57. The highest BCUT2D eigenvalue weighted by molar-refractivity contribution is 7.92. The zero-order valence-corrected chi connectivity index (χ0v) is 17.5. The van der Waals surface area contributed by atoms with E-state index in [4.69, 9.17) is 4.74 Å². The van der Waals surface area contributed by atoms with Crippen LogP contribution in [0.3, 0.4) is 0 Å². The number of nitrogens with zero attached hydrogens (tertiary/aromatic N) is 1. The SMILES string of the molecule is CC(C)c1ccc(OCC(=O)N2CCC(S(=O)(=O)c3ccc(F)cc3)CC2)cc1. The molecule has 0 aromatic heterocycles. The maximum absolute atomic E-state index is 13.1. The highest BCUT2D eigenvalue weighted by Crippen LogP contribution is 2.25. The molecule has 5 nitrogen and oxygen atoms in total. The molecule has 0 atom stereocenters. The first-order valence-electron chi connectivity index (χ1n) is 9.77. The summed E-state index contributed by atoms with van der Waals surface area (Å²) in [6.45, 7) is 4.87. The lowest BCUT2D eigenvalue weighted by atomic mass is 10.0. The van der Waals surface area contributed by atoms with E-state index in [0.29, 0.717) is 37.6 Å². The van der Waals surface area contributed by atoms with Gasteiger partial charge in [0.2, 0.25) is 0 Å². The van der Waals surface area contributed by atoms with Crippen molar-refractivity contribution in [1.29, 1.82) is 0 Å². The summed E-state index contributed by atoms with van der Waals surface area (Å²) in [6.07, 6.45) is 0.711. The van der Waals surface area contributed by atoms with Gasteiger partial charge >= 0.3 is 0 Å². The Hall–Kier alpha value is -2.41. The maximum Gasteiger partial charge on any atom is 0.260 e. The predicted molar refractivity (Wildman–Crippen MR) is 109 cm³/mol. The molecular weight excluding hydrogens is 393 g/mol. The smallest absolute Gasteiger partial charge is 0.260 e. The van der Waals surface area contributed by atoms with Crippen molar-refractivity contribution in [2.75, 3.05) is 19.7 Å². The zero-order chi connectivity index (χ0) is 21.0. The van der Waals surface area contributed by atoms with E-state index < -0.39 is 20.9 Å². The van der Waals surface area contributed by atoms with Gasteiger partial charge in [-0.15, -0.1) is 0 Å². The maximum atomic E-state index is 13.1. The van der Waals surface area contributed by atoms with Crippen molar-refractivity contribution in [3.63, 3.8) is 0 Å². The van der Waals surface area contributed by atoms with Gasteiger partial charge in [-0.25, -0.2) is 12.8 Å². The minimum Gasteiger partial charge on any atom is -0.484 e.